The Kier molecular flexibility index (Phi) is 1.02. The highest BCUT2D eigenvalue weighted by atomic mass is 16.6. The molecule has 0 spiro atoms. The molecule has 4 aliphatic rings. The second-order valence-corrected chi connectivity index (χ2v) is 4.27. The van der Waals surface area contributed by atoms with Gasteiger partial charge in [0.15, 0.2) is 0 Å². The minimum absolute atomic E-state index is 0.0374. The summed E-state index contributed by atoms with van der Waals surface area (Å²) < 4.78 is 0. The van der Waals surface area contributed by atoms with Crippen LogP contribution in [0, 0.1) is 43.9 Å². The summed E-state index contributed by atoms with van der Waals surface area (Å²) in [5.74, 6) is 0.103. The fourth-order valence-corrected chi connectivity index (χ4v) is 3.66. The molecule has 0 aromatic carbocycles. The summed E-state index contributed by atoms with van der Waals surface area (Å²) >= 11 is 0. The molecule has 4 atom stereocenters. The highest BCUT2D eigenvalue weighted by Crippen LogP contribution is 2.71. The molecule has 0 aliphatic heterocycles. The lowest BCUT2D eigenvalue weighted by atomic mass is 10.0. The third-order valence-electron chi connectivity index (χ3n) is 3.99. The van der Waals surface area contributed by atoms with E-state index in [0.717, 1.165) is 0 Å². The monoisotopic (exact) mass is 184 g/mol. The Hall–Kier alpha value is -1.20. The summed E-state index contributed by atoms with van der Waals surface area (Å²) in [5, 5.41) is 21.3. The van der Waals surface area contributed by atoms with Crippen LogP contribution < -0.4 is 0 Å². The van der Waals surface area contributed by atoms with Gasteiger partial charge < -0.3 is 0 Å². The molecule has 4 rings (SSSR count). The van der Waals surface area contributed by atoms with Crippen LogP contribution in [0.1, 0.15) is 6.42 Å². The van der Waals surface area contributed by atoms with Gasteiger partial charge in [-0.1, -0.05) is 0 Å². The maximum absolute atomic E-state index is 10.6. The van der Waals surface area contributed by atoms with Crippen molar-refractivity contribution >= 4 is 0 Å². The van der Waals surface area contributed by atoms with E-state index in [4.69, 9.17) is 0 Å². The summed E-state index contributed by atoms with van der Waals surface area (Å²) in [5.41, 5.74) is 0. The van der Waals surface area contributed by atoms with E-state index in [1.165, 1.54) is 0 Å². The predicted octanol–water partition coefficient (Wildman–Crippen LogP) is 0.173. The first kappa shape index (κ1) is 7.23. The largest absolute Gasteiger partial charge is 0.264 e. The van der Waals surface area contributed by atoms with Crippen molar-refractivity contribution in [2.75, 3.05) is 0 Å². The van der Waals surface area contributed by atoms with Gasteiger partial charge in [-0.25, -0.2) is 0 Å². The first-order valence-electron chi connectivity index (χ1n) is 4.40. The molecule has 4 fully saturated rings. The average molecular weight is 184 g/mol. The van der Waals surface area contributed by atoms with Gasteiger partial charge in [0.25, 0.3) is 0 Å². The molecular formula is C7H8N2O4. The van der Waals surface area contributed by atoms with Gasteiger partial charge in [-0.15, -0.1) is 0 Å². The molecule has 6 heteroatoms. The van der Waals surface area contributed by atoms with Crippen LogP contribution in [-0.4, -0.2) is 21.9 Å². The fourth-order valence-electron chi connectivity index (χ4n) is 3.66. The minimum Gasteiger partial charge on any atom is -0.264 e. The molecular weight excluding hydrogens is 176 g/mol. The number of nitrogens with zero attached hydrogens (tertiary/aromatic N) is 2. The maximum atomic E-state index is 10.6. The Morgan fingerprint density at radius 3 is 1.62 bits per heavy atom. The molecule has 0 amide bonds. The van der Waals surface area contributed by atoms with E-state index >= 15 is 0 Å². The van der Waals surface area contributed by atoms with E-state index in [-0.39, 0.29) is 27.6 Å². The van der Waals surface area contributed by atoms with Crippen molar-refractivity contribution in [1.29, 1.82) is 0 Å². The SMILES string of the molecule is O=[N+]([O-])[C@@H]1C2C3CC1[C@H]([N+](=O)[O-])C32. The van der Waals surface area contributed by atoms with Crippen molar-refractivity contribution in [3.05, 3.63) is 20.2 Å². The zero-order valence-electron chi connectivity index (χ0n) is 6.70. The van der Waals surface area contributed by atoms with Crippen molar-refractivity contribution in [1.82, 2.24) is 0 Å². The third-order valence-corrected chi connectivity index (χ3v) is 3.99. The Labute approximate surface area is 73.2 Å². The van der Waals surface area contributed by atoms with Crippen LogP contribution in [0.25, 0.3) is 0 Å². The summed E-state index contributed by atoms with van der Waals surface area (Å²) in [6, 6.07) is -1.21. The smallest absolute Gasteiger partial charge is 0.226 e. The Bertz CT molecular complexity index is 290. The molecule has 6 nitrogen and oxygen atoms in total. The Morgan fingerprint density at radius 1 is 0.923 bits per heavy atom. The highest BCUT2D eigenvalue weighted by molar-refractivity contribution is 5.21. The van der Waals surface area contributed by atoms with Crippen molar-refractivity contribution in [2.24, 2.45) is 23.7 Å². The summed E-state index contributed by atoms with van der Waals surface area (Å²) in [4.78, 5) is 20.6. The predicted molar refractivity (Wildman–Crippen MR) is 40.1 cm³/mol. The van der Waals surface area contributed by atoms with Gasteiger partial charge in [0.2, 0.25) is 12.1 Å². The second kappa shape index (κ2) is 1.83. The first-order valence-corrected chi connectivity index (χ1v) is 4.40. The van der Waals surface area contributed by atoms with E-state index in [9.17, 15) is 20.2 Å². The molecule has 0 radical (unpaired) electrons. The molecule has 70 valence electrons. The molecule has 4 aliphatic carbocycles. The molecule has 0 aromatic rings. The molecule has 0 heterocycles. The second-order valence-electron chi connectivity index (χ2n) is 4.27. The molecule has 4 bridgehead atoms. The van der Waals surface area contributed by atoms with Crippen LogP contribution in [0.3, 0.4) is 0 Å². The van der Waals surface area contributed by atoms with Crippen molar-refractivity contribution in [3.8, 4) is 0 Å². The lowest BCUT2D eigenvalue weighted by Gasteiger charge is -2.07. The Morgan fingerprint density at radius 2 is 1.38 bits per heavy atom. The van der Waals surface area contributed by atoms with Crippen LogP contribution in [0.5, 0.6) is 0 Å². The summed E-state index contributed by atoms with van der Waals surface area (Å²) in [6.45, 7) is 0. The maximum Gasteiger partial charge on any atom is 0.226 e. The van der Waals surface area contributed by atoms with Gasteiger partial charge in [-0.3, -0.25) is 20.2 Å². The normalized spacial score (nSPS) is 55.1. The number of hydrogen-bond donors (Lipinski definition) is 0. The fraction of sp³-hybridized carbons (Fsp3) is 1.00. The summed E-state index contributed by atoms with van der Waals surface area (Å²) in [6.07, 6.45) is 0.715. The lowest BCUT2D eigenvalue weighted by Crippen LogP contribution is -2.31. The molecule has 0 saturated heterocycles. The Balaban J connectivity index is 1.94. The third kappa shape index (κ3) is 0.618. The molecule has 2 unspecified atom stereocenters. The molecule has 0 N–H and O–H groups in total. The van der Waals surface area contributed by atoms with Crippen molar-refractivity contribution in [3.63, 3.8) is 0 Å². The standard InChI is InChI=1S/C7H8N2O4/c10-8(11)6-3-1-2-4(6)5(2)7(3)9(12)13/h2-7H,1H2/t2?,3?,4?,5?,6-,7-/m0/s1. The highest BCUT2D eigenvalue weighted by Gasteiger charge is 2.83. The van der Waals surface area contributed by atoms with Crippen molar-refractivity contribution < 1.29 is 9.85 Å². The van der Waals surface area contributed by atoms with Crippen LogP contribution in [0.2, 0.25) is 0 Å². The van der Waals surface area contributed by atoms with E-state index in [1.54, 1.807) is 0 Å². The minimum atomic E-state index is -0.606. The van der Waals surface area contributed by atoms with Gasteiger partial charge in [0, 0.05) is 21.7 Å². The molecule has 13 heavy (non-hydrogen) atoms. The van der Waals surface area contributed by atoms with E-state index in [2.05, 4.69) is 0 Å². The number of rotatable bonds is 2. The molecule has 4 saturated carbocycles. The first-order chi connectivity index (χ1) is 6.13. The van der Waals surface area contributed by atoms with Gasteiger partial charge in [0.1, 0.15) is 0 Å². The van der Waals surface area contributed by atoms with Crippen LogP contribution >= 0.6 is 0 Å². The van der Waals surface area contributed by atoms with Crippen LogP contribution in [-0.2, 0) is 0 Å². The summed E-state index contributed by atoms with van der Waals surface area (Å²) in [7, 11) is 0. The van der Waals surface area contributed by atoms with Crippen LogP contribution in [0.4, 0.5) is 0 Å². The van der Waals surface area contributed by atoms with E-state index in [1.807, 2.05) is 0 Å². The van der Waals surface area contributed by atoms with Gasteiger partial charge in [-0.2, -0.15) is 0 Å². The van der Waals surface area contributed by atoms with Crippen LogP contribution in [0.15, 0.2) is 0 Å². The van der Waals surface area contributed by atoms with Gasteiger partial charge in [0.05, 0.1) is 5.92 Å². The lowest BCUT2D eigenvalue weighted by molar-refractivity contribution is -0.560. The van der Waals surface area contributed by atoms with Gasteiger partial charge in [-0.05, 0) is 12.3 Å². The van der Waals surface area contributed by atoms with E-state index < -0.39 is 12.1 Å². The zero-order chi connectivity index (χ0) is 9.33. The number of nitro groups is 2. The average Bonchev–Trinajstić information content (AvgIpc) is 2.50. The quantitative estimate of drug-likeness (QED) is 0.452. The zero-order valence-corrected chi connectivity index (χ0v) is 6.70. The van der Waals surface area contributed by atoms with E-state index in [0.29, 0.717) is 12.3 Å². The van der Waals surface area contributed by atoms with Gasteiger partial charge >= 0.3 is 0 Å². The van der Waals surface area contributed by atoms with Crippen molar-refractivity contribution in [2.45, 2.75) is 18.5 Å². The topological polar surface area (TPSA) is 86.3 Å². The number of hydrogen-bond acceptors (Lipinski definition) is 4. The molecule has 0 aromatic heterocycles.